The Morgan fingerprint density at radius 2 is 1.72 bits per heavy atom. The van der Waals surface area contributed by atoms with E-state index in [4.69, 9.17) is 9.47 Å². The van der Waals surface area contributed by atoms with E-state index in [1.807, 2.05) is 51.8 Å². The summed E-state index contributed by atoms with van der Waals surface area (Å²) < 4.78 is 13.6. The fourth-order valence-corrected chi connectivity index (χ4v) is 8.89. The van der Waals surface area contributed by atoms with Gasteiger partial charge in [-0.2, -0.15) is 5.26 Å². The van der Waals surface area contributed by atoms with Crippen molar-refractivity contribution in [1.29, 1.82) is 5.26 Å². The molecule has 2 aromatic carbocycles. The number of benzene rings is 2. The summed E-state index contributed by atoms with van der Waals surface area (Å²) in [7, 11) is 5.23. The van der Waals surface area contributed by atoms with Crippen LogP contribution >= 0.6 is 0 Å². The summed E-state index contributed by atoms with van der Waals surface area (Å²) in [6.45, 7) is 15.2. The molecule has 1 spiro atoms. The number of methoxy groups -OCH3 is 2. The standard InChI is InChI=1S/C44H55N5O4/c1-28-29(2)41(50)46(6)25-36(28)32-20-38(52-7)37(39(21-32)53-8)26-47-18-19-48(44(27-47)15-16-44)24-31-10-9-11-35-34(31)14-17-49(40(35)30-12-13-30)42(51)33(23-45)22-43(3,4)5/h9-11,20-22,25,30,40H,12-19,24,26-27H2,1-8H3/b33-22+. The van der Waals surface area contributed by atoms with Crippen molar-refractivity contribution in [2.24, 2.45) is 18.4 Å². The van der Waals surface area contributed by atoms with Gasteiger partial charge in [-0.25, -0.2) is 0 Å². The van der Waals surface area contributed by atoms with E-state index >= 15 is 0 Å². The van der Waals surface area contributed by atoms with Gasteiger partial charge in [-0.3, -0.25) is 19.4 Å². The number of amides is 1. The molecule has 1 atom stereocenters. The zero-order valence-electron chi connectivity index (χ0n) is 32.8. The molecule has 3 heterocycles. The minimum absolute atomic E-state index is 0.0162. The molecule has 1 amide bonds. The van der Waals surface area contributed by atoms with Crippen molar-refractivity contribution in [3.05, 3.63) is 91.9 Å². The monoisotopic (exact) mass is 717 g/mol. The number of nitriles is 1. The Balaban J connectivity index is 1.09. The van der Waals surface area contributed by atoms with Crippen molar-refractivity contribution in [3.8, 4) is 28.7 Å². The number of pyridine rings is 1. The molecule has 9 nitrogen and oxygen atoms in total. The van der Waals surface area contributed by atoms with Crippen LogP contribution in [0.1, 0.15) is 85.9 Å². The number of hydrogen-bond acceptors (Lipinski definition) is 7. The molecule has 1 aromatic heterocycles. The lowest BCUT2D eigenvalue weighted by atomic mass is 9.85. The van der Waals surface area contributed by atoms with E-state index in [-0.39, 0.29) is 34.0 Å². The van der Waals surface area contributed by atoms with Gasteiger partial charge >= 0.3 is 0 Å². The molecule has 1 saturated heterocycles. The molecule has 0 N–H and O–H groups in total. The van der Waals surface area contributed by atoms with Crippen molar-refractivity contribution in [2.45, 2.75) is 91.4 Å². The molecule has 0 bridgehead atoms. The third kappa shape index (κ3) is 7.16. The van der Waals surface area contributed by atoms with Crippen LogP contribution in [0.25, 0.3) is 11.1 Å². The van der Waals surface area contributed by atoms with Crippen LogP contribution in [0.3, 0.4) is 0 Å². The number of rotatable bonds is 9. The normalized spacial score (nSPS) is 20.2. The summed E-state index contributed by atoms with van der Waals surface area (Å²) in [5.74, 6) is 1.92. The lowest BCUT2D eigenvalue weighted by Gasteiger charge is -2.43. The van der Waals surface area contributed by atoms with E-state index < -0.39 is 0 Å². The molecule has 3 aromatic rings. The Hall–Kier alpha value is -4.39. The van der Waals surface area contributed by atoms with Gasteiger partial charge in [-0.1, -0.05) is 45.0 Å². The van der Waals surface area contributed by atoms with E-state index in [9.17, 15) is 14.9 Å². The number of fused-ring (bicyclic) bond motifs is 1. The summed E-state index contributed by atoms with van der Waals surface area (Å²) in [5.41, 5.74) is 8.97. The van der Waals surface area contributed by atoms with E-state index in [0.717, 1.165) is 91.3 Å². The maximum Gasteiger partial charge on any atom is 0.264 e. The molecule has 9 heteroatoms. The van der Waals surface area contributed by atoms with Gasteiger partial charge in [0.05, 0.1) is 25.8 Å². The second kappa shape index (κ2) is 14.1. The SMILES string of the molecule is COc1cc(-c2cn(C)c(=O)c(C)c2C)cc(OC)c1CN1CCN(Cc2cccc3c2CCN(C(=O)/C(C#N)=C/C(C)(C)C)C3C2CC2)C2(CC2)C1. The second-order valence-corrected chi connectivity index (χ2v) is 17.0. The first-order chi connectivity index (χ1) is 25.3. The molecule has 1 unspecified atom stereocenters. The number of allylic oxidation sites excluding steroid dienone is 1. The fraction of sp³-hybridized carbons (Fsp3) is 0.523. The van der Waals surface area contributed by atoms with E-state index in [1.54, 1.807) is 25.8 Å². The number of carbonyl (C=O) groups is 1. The van der Waals surface area contributed by atoms with Crippen LogP contribution in [-0.4, -0.2) is 71.1 Å². The number of hydrogen-bond donors (Lipinski definition) is 0. The summed E-state index contributed by atoms with van der Waals surface area (Å²) in [6.07, 6.45) is 9.16. The van der Waals surface area contributed by atoms with E-state index in [1.165, 1.54) is 29.5 Å². The van der Waals surface area contributed by atoms with Gasteiger partial charge in [0.15, 0.2) is 0 Å². The molecule has 2 saturated carbocycles. The van der Waals surface area contributed by atoms with E-state index in [2.05, 4.69) is 46.2 Å². The maximum absolute atomic E-state index is 13.8. The first kappa shape index (κ1) is 36.9. The molecule has 4 aliphatic rings. The van der Waals surface area contributed by atoms with Crippen LogP contribution in [-0.2, 0) is 31.4 Å². The highest BCUT2D eigenvalue weighted by atomic mass is 16.5. The van der Waals surface area contributed by atoms with E-state index in [0.29, 0.717) is 12.5 Å². The number of nitrogens with zero attached hydrogens (tertiary/aromatic N) is 5. The van der Waals surface area contributed by atoms with Crippen LogP contribution in [0.15, 0.2) is 53.0 Å². The van der Waals surface area contributed by atoms with Gasteiger partial charge in [0.25, 0.3) is 11.5 Å². The van der Waals surface area contributed by atoms with Crippen molar-refractivity contribution in [2.75, 3.05) is 40.4 Å². The van der Waals surface area contributed by atoms with Crippen LogP contribution in [0.2, 0.25) is 0 Å². The van der Waals surface area contributed by atoms with Gasteiger partial charge in [-0.05, 0) is 97.2 Å². The number of piperazine rings is 1. The lowest BCUT2D eigenvalue weighted by Crippen LogP contribution is -2.54. The first-order valence-electron chi connectivity index (χ1n) is 19.2. The highest BCUT2D eigenvalue weighted by Crippen LogP contribution is 2.50. The van der Waals surface area contributed by atoms with Gasteiger partial charge < -0.3 is 18.9 Å². The summed E-state index contributed by atoms with van der Waals surface area (Å²) >= 11 is 0. The van der Waals surface area contributed by atoms with Crippen molar-refractivity contribution in [1.82, 2.24) is 19.3 Å². The quantitative estimate of drug-likeness (QED) is 0.176. The zero-order valence-corrected chi connectivity index (χ0v) is 32.8. The predicted molar refractivity (Wildman–Crippen MR) is 208 cm³/mol. The fourth-order valence-electron chi connectivity index (χ4n) is 8.89. The minimum atomic E-state index is -0.244. The maximum atomic E-state index is 13.8. The Morgan fingerprint density at radius 1 is 1.02 bits per heavy atom. The predicted octanol–water partition coefficient (Wildman–Crippen LogP) is 6.87. The third-order valence-corrected chi connectivity index (χ3v) is 12.1. The Labute approximate surface area is 314 Å². The van der Waals surface area contributed by atoms with Gasteiger partial charge in [0.2, 0.25) is 0 Å². The van der Waals surface area contributed by atoms with Gasteiger partial charge in [0.1, 0.15) is 23.1 Å². The first-order valence-corrected chi connectivity index (χ1v) is 19.2. The van der Waals surface area contributed by atoms with Crippen LogP contribution in [0.5, 0.6) is 11.5 Å². The largest absolute Gasteiger partial charge is 0.496 e. The number of aryl methyl sites for hydroxylation is 1. The van der Waals surface area contributed by atoms with Gasteiger partial charge in [-0.15, -0.1) is 0 Å². The van der Waals surface area contributed by atoms with Crippen molar-refractivity contribution >= 4 is 5.91 Å². The molecular weight excluding hydrogens is 663 g/mol. The average Bonchev–Trinajstić information content (AvgIpc) is 4.09. The highest BCUT2D eigenvalue weighted by molar-refractivity contribution is 5.97. The lowest BCUT2D eigenvalue weighted by molar-refractivity contribution is -0.130. The average molecular weight is 718 g/mol. The second-order valence-electron chi connectivity index (χ2n) is 17.0. The highest BCUT2D eigenvalue weighted by Gasteiger charge is 2.51. The molecular formula is C44H55N5O4. The number of carbonyl (C=O) groups excluding carboxylic acids is 1. The molecule has 7 rings (SSSR count). The molecule has 3 fully saturated rings. The number of aromatic nitrogens is 1. The smallest absolute Gasteiger partial charge is 0.264 e. The number of ether oxygens (including phenoxy) is 2. The Kier molecular flexibility index (Phi) is 9.84. The van der Waals surface area contributed by atoms with Crippen molar-refractivity contribution < 1.29 is 14.3 Å². The van der Waals surface area contributed by atoms with Crippen LogP contribution in [0.4, 0.5) is 0 Å². The van der Waals surface area contributed by atoms with Crippen LogP contribution < -0.4 is 15.0 Å². The Bertz CT molecular complexity index is 2030. The van der Waals surface area contributed by atoms with Gasteiger partial charge in [0, 0.05) is 69.2 Å². The van der Waals surface area contributed by atoms with Crippen molar-refractivity contribution in [3.63, 3.8) is 0 Å². The molecule has 53 heavy (non-hydrogen) atoms. The molecule has 2 aliphatic heterocycles. The van der Waals surface area contributed by atoms with Crippen LogP contribution in [0, 0.1) is 36.5 Å². The summed E-state index contributed by atoms with van der Waals surface area (Å²) in [4.78, 5) is 33.7. The molecule has 2 aliphatic carbocycles. The summed E-state index contributed by atoms with van der Waals surface area (Å²) in [6, 6.07) is 13.1. The molecule has 280 valence electrons. The molecule has 0 radical (unpaired) electrons. The third-order valence-electron chi connectivity index (χ3n) is 12.1. The zero-order chi connectivity index (χ0) is 37.8. The minimum Gasteiger partial charge on any atom is -0.496 e. The summed E-state index contributed by atoms with van der Waals surface area (Å²) in [5, 5.41) is 9.95. The Morgan fingerprint density at radius 3 is 2.32 bits per heavy atom. The topological polar surface area (TPSA) is 91.0 Å².